The van der Waals surface area contributed by atoms with Gasteiger partial charge in [-0.3, -0.25) is 4.79 Å². The van der Waals surface area contributed by atoms with Crippen molar-refractivity contribution in [1.29, 1.82) is 0 Å². The van der Waals surface area contributed by atoms with E-state index in [0.29, 0.717) is 13.1 Å². The summed E-state index contributed by atoms with van der Waals surface area (Å²) in [5, 5.41) is 3.90. The fourth-order valence-electron chi connectivity index (χ4n) is 2.13. The van der Waals surface area contributed by atoms with Gasteiger partial charge in [-0.2, -0.15) is 0 Å². The molecule has 1 aromatic rings. The van der Waals surface area contributed by atoms with Crippen molar-refractivity contribution in [2.24, 2.45) is 0 Å². The Morgan fingerprint density at radius 2 is 2.05 bits per heavy atom. The third-order valence-electron chi connectivity index (χ3n) is 3.35. The molecule has 0 spiro atoms. The van der Waals surface area contributed by atoms with Crippen molar-refractivity contribution < 1.29 is 4.79 Å². The zero-order valence-corrected chi connectivity index (χ0v) is 12.0. The van der Waals surface area contributed by atoms with Crippen LogP contribution in [0.15, 0.2) is 24.3 Å². The smallest absolute Gasteiger partial charge is 0.236 e. The fraction of sp³-hybridized carbons (Fsp3) is 0.500. The molecule has 1 aliphatic rings. The minimum atomic E-state index is 0.176. The maximum absolute atomic E-state index is 12.0. The van der Waals surface area contributed by atoms with Gasteiger partial charge in [-0.25, -0.2) is 0 Å². The molecule has 0 saturated carbocycles. The van der Waals surface area contributed by atoms with E-state index in [9.17, 15) is 4.79 Å². The first kappa shape index (κ1) is 14.3. The second-order valence-electron chi connectivity index (χ2n) is 4.92. The van der Waals surface area contributed by atoms with Crippen LogP contribution in [0.5, 0.6) is 0 Å². The molecule has 1 N–H and O–H groups in total. The van der Waals surface area contributed by atoms with Crippen molar-refractivity contribution in [3.8, 4) is 0 Å². The van der Waals surface area contributed by atoms with E-state index in [4.69, 9.17) is 11.6 Å². The lowest BCUT2D eigenvalue weighted by Gasteiger charge is -2.32. The highest BCUT2D eigenvalue weighted by molar-refractivity contribution is 6.30. The average molecular weight is 282 g/mol. The number of halogens is 1. The Hall–Kier alpha value is -1.10. The Bertz CT molecular complexity index is 430. The number of nitrogens with zero attached hydrogens (tertiary/aromatic N) is 2. The van der Waals surface area contributed by atoms with Crippen LogP contribution in [0.1, 0.15) is 5.56 Å². The Labute approximate surface area is 119 Å². The highest BCUT2D eigenvalue weighted by atomic mass is 35.5. The fourth-order valence-corrected chi connectivity index (χ4v) is 2.34. The van der Waals surface area contributed by atoms with Crippen LogP contribution in [-0.2, 0) is 11.3 Å². The molecule has 1 saturated heterocycles. The zero-order chi connectivity index (χ0) is 13.7. The summed E-state index contributed by atoms with van der Waals surface area (Å²) in [6.07, 6.45) is 0. The zero-order valence-electron chi connectivity index (χ0n) is 11.2. The lowest BCUT2D eigenvalue weighted by Crippen LogP contribution is -2.49. The molecule has 1 aliphatic heterocycles. The number of carbonyl (C=O) groups excluding carboxylic acids is 1. The quantitative estimate of drug-likeness (QED) is 0.901. The van der Waals surface area contributed by atoms with Crippen LogP contribution in [0.25, 0.3) is 0 Å². The van der Waals surface area contributed by atoms with Gasteiger partial charge in [-0.1, -0.05) is 23.7 Å². The number of likely N-dealkylation sites (N-methyl/N-ethyl adjacent to an activating group) is 1. The third kappa shape index (κ3) is 4.49. The van der Waals surface area contributed by atoms with E-state index in [1.165, 1.54) is 0 Å². The van der Waals surface area contributed by atoms with Crippen LogP contribution in [0.2, 0.25) is 5.02 Å². The molecule has 0 unspecified atom stereocenters. The second-order valence-corrected chi connectivity index (χ2v) is 5.35. The molecule has 19 heavy (non-hydrogen) atoms. The Kier molecular flexibility index (Phi) is 5.19. The first-order valence-corrected chi connectivity index (χ1v) is 6.94. The maximum Gasteiger partial charge on any atom is 0.236 e. The van der Waals surface area contributed by atoms with Crippen molar-refractivity contribution in [3.63, 3.8) is 0 Å². The molecule has 0 aromatic heterocycles. The number of hydrogen-bond donors (Lipinski definition) is 1. The molecule has 1 fully saturated rings. The van der Waals surface area contributed by atoms with Crippen LogP contribution in [-0.4, -0.2) is 55.5 Å². The van der Waals surface area contributed by atoms with Crippen molar-refractivity contribution in [2.75, 3.05) is 39.8 Å². The van der Waals surface area contributed by atoms with Crippen LogP contribution < -0.4 is 5.32 Å². The topological polar surface area (TPSA) is 35.6 Å². The van der Waals surface area contributed by atoms with Crippen molar-refractivity contribution in [3.05, 3.63) is 34.9 Å². The summed E-state index contributed by atoms with van der Waals surface area (Å²) >= 11 is 5.91. The van der Waals surface area contributed by atoms with Gasteiger partial charge in [0.15, 0.2) is 0 Å². The molecule has 104 valence electrons. The van der Waals surface area contributed by atoms with E-state index >= 15 is 0 Å². The molecule has 5 heteroatoms. The predicted octanol–water partition coefficient (Wildman–Crippen LogP) is 1.20. The lowest BCUT2D eigenvalue weighted by atomic mass is 10.2. The molecule has 0 aliphatic carbocycles. The number of nitrogens with one attached hydrogen (secondary N) is 1. The van der Waals surface area contributed by atoms with Gasteiger partial charge in [0.05, 0.1) is 6.54 Å². The molecule has 0 radical (unpaired) electrons. The van der Waals surface area contributed by atoms with E-state index in [0.717, 1.165) is 36.8 Å². The number of carbonyl (C=O) groups is 1. The molecule has 1 amide bonds. The molecule has 2 rings (SSSR count). The van der Waals surface area contributed by atoms with Gasteiger partial charge in [-0.05, 0) is 24.7 Å². The minimum absolute atomic E-state index is 0.176. The van der Waals surface area contributed by atoms with Gasteiger partial charge in [0, 0.05) is 37.7 Å². The number of rotatable bonds is 4. The van der Waals surface area contributed by atoms with Gasteiger partial charge in [0.25, 0.3) is 0 Å². The SMILES string of the molecule is CN1CCN(C(=O)CNCc2cccc(Cl)c2)CC1. The summed E-state index contributed by atoms with van der Waals surface area (Å²) in [6.45, 7) is 4.62. The Morgan fingerprint density at radius 3 is 2.74 bits per heavy atom. The molecular formula is C14H20ClN3O. The summed E-state index contributed by atoms with van der Waals surface area (Å²) in [5.74, 6) is 0.176. The third-order valence-corrected chi connectivity index (χ3v) is 3.59. The van der Waals surface area contributed by atoms with Crippen molar-refractivity contribution in [1.82, 2.24) is 15.1 Å². The molecule has 4 nitrogen and oxygen atoms in total. The standard InChI is InChI=1S/C14H20ClN3O/c1-17-5-7-18(8-6-17)14(19)11-16-10-12-3-2-4-13(15)9-12/h2-4,9,16H,5-8,10-11H2,1H3. The summed E-state index contributed by atoms with van der Waals surface area (Å²) in [6, 6.07) is 7.68. The number of hydrogen-bond acceptors (Lipinski definition) is 3. The van der Waals surface area contributed by atoms with Crippen molar-refractivity contribution in [2.45, 2.75) is 6.54 Å². The Morgan fingerprint density at radius 1 is 1.32 bits per heavy atom. The van der Waals surface area contributed by atoms with Gasteiger partial charge in [-0.15, -0.1) is 0 Å². The second kappa shape index (κ2) is 6.89. The van der Waals surface area contributed by atoms with E-state index in [1.807, 2.05) is 29.2 Å². The molecule has 1 heterocycles. The van der Waals surface area contributed by atoms with Gasteiger partial charge in [0.1, 0.15) is 0 Å². The first-order valence-electron chi connectivity index (χ1n) is 6.56. The number of piperazine rings is 1. The molecule has 0 bridgehead atoms. The minimum Gasteiger partial charge on any atom is -0.339 e. The maximum atomic E-state index is 12.0. The van der Waals surface area contributed by atoms with Crippen molar-refractivity contribution >= 4 is 17.5 Å². The molecule has 0 atom stereocenters. The van der Waals surface area contributed by atoms with E-state index in [-0.39, 0.29) is 5.91 Å². The molecular weight excluding hydrogens is 262 g/mol. The first-order chi connectivity index (χ1) is 9.15. The summed E-state index contributed by atoms with van der Waals surface area (Å²) in [4.78, 5) is 16.1. The average Bonchev–Trinajstić information content (AvgIpc) is 2.39. The number of benzene rings is 1. The van der Waals surface area contributed by atoms with Crippen LogP contribution in [0, 0.1) is 0 Å². The largest absolute Gasteiger partial charge is 0.339 e. The summed E-state index contributed by atoms with van der Waals surface area (Å²) < 4.78 is 0. The van der Waals surface area contributed by atoms with Crippen LogP contribution in [0.4, 0.5) is 0 Å². The normalized spacial score (nSPS) is 16.6. The van der Waals surface area contributed by atoms with E-state index in [1.54, 1.807) is 0 Å². The highest BCUT2D eigenvalue weighted by Gasteiger charge is 2.18. The van der Waals surface area contributed by atoms with Gasteiger partial charge >= 0.3 is 0 Å². The molecule has 1 aromatic carbocycles. The predicted molar refractivity (Wildman–Crippen MR) is 77.2 cm³/mol. The van der Waals surface area contributed by atoms with Gasteiger partial charge < -0.3 is 15.1 Å². The summed E-state index contributed by atoms with van der Waals surface area (Å²) in [7, 11) is 2.08. The highest BCUT2D eigenvalue weighted by Crippen LogP contribution is 2.10. The van der Waals surface area contributed by atoms with Crippen LogP contribution >= 0.6 is 11.6 Å². The van der Waals surface area contributed by atoms with E-state index in [2.05, 4.69) is 17.3 Å². The Balaban J connectivity index is 1.72. The summed E-state index contributed by atoms with van der Waals surface area (Å²) in [5.41, 5.74) is 1.10. The van der Waals surface area contributed by atoms with E-state index < -0.39 is 0 Å². The monoisotopic (exact) mass is 281 g/mol. The van der Waals surface area contributed by atoms with Gasteiger partial charge in [0.2, 0.25) is 5.91 Å². The van der Waals surface area contributed by atoms with Crippen LogP contribution in [0.3, 0.4) is 0 Å². The lowest BCUT2D eigenvalue weighted by molar-refractivity contribution is -0.131. The number of amides is 1.